The fourth-order valence-electron chi connectivity index (χ4n) is 2.72. The summed E-state index contributed by atoms with van der Waals surface area (Å²) in [4.78, 5) is 14.3. The SMILES string of the molecule is CN(CC1(CN)CC1)C(=O)c1ccc2ccccc2c1. The van der Waals surface area contributed by atoms with Crippen molar-refractivity contribution in [3.63, 3.8) is 0 Å². The number of fused-ring (bicyclic) bond motifs is 1. The van der Waals surface area contributed by atoms with Crippen molar-refractivity contribution in [2.24, 2.45) is 11.1 Å². The normalized spacial score (nSPS) is 16.1. The molecule has 0 unspecified atom stereocenters. The summed E-state index contributed by atoms with van der Waals surface area (Å²) >= 11 is 0. The molecule has 104 valence electrons. The zero-order valence-corrected chi connectivity index (χ0v) is 11.8. The molecule has 0 heterocycles. The molecule has 0 radical (unpaired) electrons. The van der Waals surface area contributed by atoms with Crippen molar-refractivity contribution >= 4 is 16.7 Å². The maximum absolute atomic E-state index is 12.5. The zero-order chi connectivity index (χ0) is 14.2. The summed E-state index contributed by atoms with van der Waals surface area (Å²) in [7, 11) is 1.87. The van der Waals surface area contributed by atoms with Gasteiger partial charge in [0.1, 0.15) is 0 Å². The van der Waals surface area contributed by atoms with E-state index in [0.29, 0.717) is 6.54 Å². The fraction of sp³-hybridized carbons (Fsp3) is 0.353. The lowest BCUT2D eigenvalue weighted by molar-refractivity contribution is 0.0766. The molecule has 1 fully saturated rings. The van der Waals surface area contributed by atoms with E-state index in [2.05, 4.69) is 6.07 Å². The topological polar surface area (TPSA) is 46.3 Å². The van der Waals surface area contributed by atoms with Gasteiger partial charge in [-0.1, -0.05) is 30.3 Å². The van der Waals surface area contributed by atoms with E-state index in [4.69, 9.17) is 5.73 Å². The number of carbonyl (C=O) groups is 1. The van der Waals surface area contributed by atoms with Crippen molar-refractivity contribution in [3.8, 4) is 0 Å². The van der Waals surface area contributed by atoms with Gasteiger partial charge in [0.2, 0.25) is 0 Å². The first kappa shape index (κ1) is 13.1. The number of hydrogen-bond acceptors (Lipinski definition) is 2. The van der Waals surface area contributed by atoms with Gasteiger partial charge in [-0.2, -0.15) is 0 Å². The third kappa shape index (κ3) is 2.41. The molecule has 1 amide bonds. The third-order valence-electron chi connectivity index (χ3n) is 4.31. The fourth-order valence-corrected chi connectivity index (χ4v) is 2.72. The summed E-state index contributed by atoms with van der Waals surface area (Å²) < 4.78 is 0. The van der Waals surface area contributed by atoms with Gasteiger partial charge in [0, 0.05) is 24.6 Å². The highest BCUT2D eigenvalue weighted by Crippen LogP contribution is 2.45. The number of carbonyl (C=O) groups excluding carboxylic acids is 1. The van der Waals surface area contributed by atoms with Gasteiger partial charge in [-0.15, -0.1) is 0 Å². The van der Waals surface area contributed by atoms with Gasteiger partial charge < -0.3 is 10.6 Å². The molecule has 3 nitrogen and oxygen atoms in total. The van der Waals surface area contributed by atoms with Crippen molar-refractivity contribution < 1.29 is 4.79 Å². The molecule has 20 heavy (non-hydrogen) atoms. The second kappa shape index (κ2) is 4.91. The quantitative estimate of drug-likeness (QED) is 0.926. The van der Waals surface area contributed by atoms with Crippen molar-refractivity contribution in [2.75, 3.05) is 20.1 Å². The van der Waals surface area contributed by atoms with Crippen molar-refractivity contribution in [1.29, 1.82) is 0 Å². The minimum atomic E-state index is 0.0791. The minimum absolute atomic E-state index is 0.0791. The molecule has 2 aromatic rings. The van der Waals surface area contributed by atoms with Crippen molar-refractivity contribution in [2.45, 2.75) is 12.8 Å². The Kier molecular flexibility index (Phi) is 3.22. The summed E-state index contributed by atoms with van der Waals surface area (Å²) in [5.74, 6) is 0.0791. The van der Waals surface area contributed by atoms with Crippen LogP contribution >= 0.6 is 0 Å². The highest BCUT2D eigenvalue weighted by Gasteiger charge is 2.42. The highest BCUT2D eigenvalue weighted by atomic mass is 16.2. The molecule has 3 rings (SSSR count). The monoisotopic (exact) mass is 268 g/mol. The van der Waals surface area contributed by atoms with Gasteiger partial charge in [0.05, 0.1) is 0 Å². The van der Waals surface area contributed by atoms with Crippen LogP contribution in [0.1, 0.15) is 23.2 Å². The van der Waals surface area contributed by atoms with Gasteiger partial charge in [-0.25, -0.2) is 0 Å². The number of benzene rings is 2. The van der Waals surface area contributed by atoms with Gasteiger partial charge in [-0.3, -0.25) is 4.79 Å². The van der Waals surface area contributed by atoms with Gasteiger partial charge in [-0.05, 0) is 42.3 Å². The Balaban J connectivity index is 1.81. The second-order valence-electron chi connectivity index (χ2n) is 5.93. The first-order valence-electron chi connectivity index (χ1n) is 7.08. The number of hydrogen-bond donors (Lipinski definition) is 1. The smallest absolute Gasteiger partial charge is 0.253 e. The Morgan fingerprint density at radius 2 is 1.90 bits per heavy atom. The van der Waals surface area contributed by atoms with E-state index in [1.165, 1.54) is 0 Å². The van der Waals surface area contributed by atoms with Crippen LogP contribution in [0.25, 0.3) is 10.8 Å². The predicted octanol–water partition coefficient (Wildman–Crippen LogP) is 2.65. The number of rotatable bonds is 4. The molecular formula is C17H20N2O. The van der Waals surface area contributed by atoms with E-state index in [-0.39, 0.29) is 11.3 Å². The molecule has 0 atom stereocenters. The maximum Gasteiger partial charge on any atom is 0.253 e. The minimum Gasteiger partial charge on any atom is -0.341 e. The van der Waals surface area contributed by atoms with Crippen LogP contribution in [0.3, 0.4) is 0 Å². The maximum atomic E-state index is 12.5. The lowest BCUT2D eigenvalue weighted by Crippen LogP contribution is -2.35. The molecule has 1 aliphatic carbocycles. The molecule has 2 N–H and O–H groups in total. The molecule has 0 aliphatic heterocycles. The molecule has 0 spiro atoms. The van der Waals surface area contributed by atoms with Gasteiger partial charge >= 0.3 is 0 Å². The van der Waals surface area contributed by atoms with E-state index in [9.17, 15) is 4.79 Å². The van der Waals surface area contributed by atoms with Crippen molar-refractivity contribution in [1.82, 2.24) is 4.90 Å². The lowest BCUT2D eigenvalue weighted by atomic mass is 10.0. The molecule has 1 aliphatic rings. The van der Waals surface area contributed by atoms with E-state index in [1.54, 1.807) is 0 Å². The van der Waals surface area contributed by atoms with Crippen LogP contribution in [0.2, 0.25) is 0 Å². The molecule has 0 bridgehead atoms. The number of nitrogens with two attached hydrogens (primary N) is 1. The van der Waals surface area contributed by atoms with Crippen LogP contribution in [0.5, 0.6) is 0 Å². The van der Waals surface area contributed by atoms with Crippen LogP contribution < -0.4 is 5.73 Å². The Hall–Kier alpha value is -1.87. The average molecular weight is 268 g/mol. The average Bonchev–Trinajstić information content (AvgIpc) is 3.26. The van der Waals surface area contributed by atoms with E-state index >= 15 is 0 Å². The molecular weight excluding hydrogens is 248 g/mol. The predicted molar refractivity (Wildman–Crippen MR) is 81.6 cm³/mol. The van der Waals surface area contributed by atoms with Crippen LogP contribution in [-0.4, -0.2) is 30.9 Å². The van der Waals surface area contributed by atoms with E-state index in [0.717, 1.165) is 35.7 Å². The Labute approximate surface area is 119 Å². The number of nitrogens with zero attached hydrogens (tertiary/aromatic N) is 1. The van der Waals surface area contributed by atoms with Gasteiger partial charge in [0.15, 0.2) is 0 Å². The summed E-state index contributed by atoms with van der Waals surface area (Å²) in [6.07, 6.45) is 2.28. The molecule has 0 aromatic heterocycles. The Bertz CT molecular complexity index is 646. The largest absolute Gasteiger partial charge is 0.341 e. The standard InChI is InChI=1S/C17H20N2O/c1-19(12-17(11-18)8-9-17)16(20)15-7-6-13-4-2-3-5-14(13)10-15/h2-7,10H,8-9,11-12,18H2,1H3. The molecule has 2 aromatic carbocycles. The third-order valence-corrected chi connectivity index (χ3v) is 4.31. The van der Waals surface area contributed by atoms with Crippen molar-refractivity contribution in [3.05, 3.63) is 48.0 Å². The lowest BCUT2D eigenvalue weighted by Gasteiger charge is -2.23. The summed E-state index contributed by atoms with van der Waals surface area (Å²) in [6.45, 7) is 1.43. The molecule has 1 saturated carbocycles. The van der Waals surface area contributed by atoms with Crippen LogP contribution in [0.4, 0.5) is 0 Å². The summed E-state index contributed by atoms with van der Waals surface area (Å²) in [5, 5.41) is 2.26. The van der Waals surface area contributed by atoms with Crippen LogP contribution in [0.15, 0.2) is 42.5 Å². The van der Waals surface area contributed by atoms with Crippen LogP contribution in [-0.2, 0) is 0 Å². The Morgan fingerprint density at radius 3 is 2.55 bits per heavy atom. The first-order chi connectivity index (χ1) is 9.63. The molecule has 3 heteroatoms. The zero-order valence-electron chi connectivity index (χ0n) is 11.8. The second-order valence-corrected chi connectivity index (χ2v) is 5.93. The summed E-state index contributed by atoms with van der Waals surface area (Å²) in [5.41, 5.74) is 6.72. The van der Waals surface area contributed by atoms with Gasteiger partial charge in [0.25, 0.3) is 5.91 Å². The summed E-state index contributed by atoms with van der Waals surface area (Å²) in [6, 6.07) is 14.0. The molecule has 0 saturated heterocycles. The number of amides is 1. The highest BCUT2D eigenvalue weighted by molar-refractivity contribution is 5.98. The van der Waals surface area contributed by atoms with E-state index in [1.807, 2.05) is 48.3 Å². The first-order valence-corrected chi connectivity index (χ1v) is 7.08. The van der Waals surface area contributed by atoms with Crippen LogP contribution in [0, 0.1) is 5.41 Å². The van der Waals surface area contributed by atoms with E-state index < -0.39 is 0 Å². The Morgan fingerprint density at radius 1 is 1.20 bits per heavy atom.